The van der Waals surface area contributed by atoms with Gasteiger partial charge in [0.05, 0.1) is 4.88 Å². The van der Waals surface area contributed by atoms with Gasteiger partial charge in [-0.1, -0.05) is 6.07 Å². The van der Waals surface area contributed by atoms with Crippen molar-refractivity contribution in [3.8, 4) is 0 Å². The molecule has 1 aromatic carbocycles. The standard InChI is InChI=1S/C21H20FN3O2S/c22-17-3-4-18-16(10-17)11-19(28-18)21(27)25-8-5-15(6-9-25)20(26)24-13-14-2-1-7-23-12-14/h1-4,7,10-12,15H,5-6,8-9,13H2,(H,24,26). The predicted molar refractivity (Wildman–Crippen MR) is 106 cm³/mol. The Bertz CT molecular complexity index is 997. The van der Waals surface area contributed by atoms with Crippen molar-refractivity contribution >= 4 is 33.2 Å². The molecule has 0 saturated carbocycles. The molecule has 1 aliphatic heterocycles. The molecule has 1 fully saturated rings. The molecule has 0 atom stereocenters. The fourth-order valence-corrected chi connectivity index (χ4v) is 4.47. The van der Waals surface area contributed by atoms with Crippen molar-refractivity contribution in [3.05, 3.63) is 65.0 Å². The van der Waals surface area contributed by atoms with E-state index < -0.39 is 0 Å². The van der Waals surface area contributed by atoms with Gasteiger partial charge in [0, 0.05) is 42.6 Å². The number of hydrogen-bond acceptors (Lipinski definition) is 4. The highest BCUT2D eigenvalue weighted by Crippen LogP contribution is 2.28. The lowest BCUT2D eigenvalue weighted by atomic mass is 9.95. The predicted octanol–water partition coefficient (Wildman–Crippen LogP) is 3.60. The molecule has 2 aromatic heterocycles. The van der Waals surface area contributed by atoms with Gasteiger partial charge in [0.15, 0.2) is 0 Å². The quantitative estimate of drug-likeness (QED) is 0.732. The molecule has 0 aliphatic carbocycles. The van der Waals surface area contributed by atoms with Gasteiger partial charge >= 0.3 is 0 Å². The summed E-state index contributed by atoms with van der Waals surface area (Å²) < 4.78 is 14.3. The van der Waals surface area contributed by atoms with Crippen molar-refractivity contribution in [3.63, 3.8) is 0 Å². The van der Waals surface area contributed by atoms with E-state index >= 15 is 0 Å². The van der Waals surface area contributed by atoms with Gasteiger partial charge in [-0.3, -0.25) is 14.6 Å². The number of carbonyl (C=O) groups is 2. The Morgan fingerprint density at radius 1 is 1.21 bits per heavy atom. The number of rotatable bonds is 4. The van der Waals surface area contributed by atoms with Crippen LogP contribution in [0.2, 0.25) is 0 Å². The Morgan fingerprint density at radius 2 is 2.04 bits per heavy atom. The van der Waals surface area contributed by atoms with Crippen molar-refractivity contribution in [1.82, 2.24) is 15.2 Å². The van der Waals surface area contributed by atoms with Gasteiger partial charge in [0.25, 0.3) is 5.91 Å². The van der Waals surface area contributed by atoms with E-state index in [2.05, 4.69) is 10.3 Å². The van der Waals surface area contributed by atoms with Crippen LogP contribution >= 0.6 is 11.3 Å². The van der Waals surface area contributed by atoms with Crippen LogP contribution in [0.25, 0.3) is 10.1 Å². The molecule has 1 saturated heterocycles. The molecule has 28 heavy (non-hydrogen) atoms. The highest BCUT2D eigenvalue weighted by Gasteiger charge is 2.28. The van der Waals surface area contributed by atoms with Crippen molar-refractivity contribution in [1.29, 1.82) is 0 Å². The summed E-state index contributed by atoms with van der Waals surface area (Å²) in [6.07, 6.45) is 4.72. The normalized spacial score (nSPS) is 15.0. The van der Waals surface area contributed by atoms with Crippen molar-refractivity contribution in [2.24, 2.45) is 5.92 Å². The van der Waals surface area contributed by atoms with Crippen LogP contribution in [0.5, 0.6) is 0 Å². The van der Waals surface area contributed by atoms with E-state index in [-0.39, 0.29) is 23.5 Å². The molecular weight excluding hydrogens is 377 g/mol. The molecule has 0 radical (unpaired) electrons. The Hall–Kier alpha value is -2.80. The number of amides is 2. The third-order valence-corrected chi connectivity index (χ3v) is 6.14. The van der Waals surface area contributed by atoms with Crippen molar-refractivity contribution < 1.29 is 14.0 Å². The van der Waals surface area contributed by atoms with Crippen LogP contribution in [0.3, 0.4) is 0 Å². The Kier molecular flexibility index (Phi) is 5.34. The Labute approximate surface area is 166 Å². The first-order chi connectivity index (χ1) is 13.6. The monoisotopic (exact) mass is 397 g/mol. The van der Waals surface area contributed by atoms with Gasteiger partial charge < -0.3 is 10.2 Å². The Morgan fingerprint density at radius 3 is 2.79 bits per heavy atom. The maximum absolute atomic E-state index is 13.4. The minimum absolute atomic E-state index is 0.0216. The molecule has 5 nitrogen and oxygen atoms in total. The van der Waals surface area contributed by atoms with Gasteiger partial charge in [-0.25, -0.2) is 4.39 Å². The van der Waals surface area contributed by atoms with Crippen LogP contribution in [0.1, 0.15) is 28.1 Å². The summed E-state index contributed by atoms with van der Waals surface area (Å²) in [7, 11) is 0. The molecule has 7 heteroatoms. The van der Waals surface area contributed by atoms with Gasteiger partial charge in [-0.05, 0) is 54.1 Å². The zero-order chi connectivity index (χ0) is 19.5. The lowest BCUT2D eigenvalue weighted by Gasteiger charge is -2.31. The fourth-order valence-electron chi connectivity index (χ4n) is 3.46. The number of carbonyl (C=O) groups excluding carboxylic acids is 2. The van der Waals surface area contributed by atoms with Gasteiger partial charge in [0.1, 0.15) is 5.82 Å². The number of piperidine rings is 1. The molecule has 0 bridgehead atoms. The van der Waals surface area contributed by atoms with Crippen LogP contribution in [-0.2, 0) is 11.3 Å². The fraction of sp³-hybridized carbons (Fsp3) is 0.286. The third-order valence-electron chi connectivity index (χ3n) is 5.03. The lowest BCUT2D eigenvalue weighted by molar-refractivity contribution is -0.126. The van der Waals surface area contributed by atoms with Gasteiger partial charge in [-0.2, -0.15) is 0 Å². The summed E-state index contributed by atoms with van der Waals surface area (Å²) in [6, 6.07) is 10.1. The van der Waals surface area contributed by atoms with E-state index in [1.165, 1.54) is 23.5 Å². The summed E-state index contributed by atoms with van der Waals surface area (Å²) in [5.74, 6) is -0.413. The summed E-state index contributed by atoms with van der Waals surface area (Å²) >= 11 is 1.38. The van der Waals surface area contributed by atoms with E-state index in [0.717, 1.165) is 15.6 Å². The van der Waals surface area contributed by atoms with E-state index in [9.17, 15) is 14.0 Å². The minimum Gasteiger partial charge on any atom is -0.352 e. The third kappa shape index (κ3) is 4.04. The maximum Gasteiger partial charge on any atom is 0.263 e. The zero-order valence-corrected chi connectivity index (χ0v) is 16.0. The number of halogens is 1. The van der Waals surface area contributed by atoms with Gasteiger partial charge in [-0.15, -0.1) is 11.3 Å². The van der Waals surface area contributed by atoms with Crippen LogP contribution in [0, 0.1) is 11.7 Å². The largest absolute Gasteiger partial charge is 0.352 e. The lowest BCUT2D eigenvalue weighted by Crippen LogP contribution is -2.42. The topological polar surface area (TPSA) is 62.3 Å². The molecule has 2 amide bonds. The molecule has 0 spiro atoms. The molecule has 1 aliphatic rings. The number of nitrogens with zero attached hydrogens (tertiary/aromatic N) is 2. The molecule has 3 heterocycles. The molecular formula is C21H20FN3O2S. The second kappa shape index (κ2) is 8.06. The highest BCUT2D eigenvalue weighted by molar-refractivity contribution is 7.20. The number of hydrogen-bond donors (Lipinski definition) is 1. The summed E-state index contributed by atoms with van der Waals surface area (Å²) in [5.41, 5.74) is 0.963. The van der Waals surface area contributed by atoms with Crippen LogP contribution in [-0.4, -0.2) is 34.8 Å². The molecule has 0 unspecified atom stereocenters. The molecule has 1 N–H and O–H groups in total. The summed E-state index contributed by atoms with van der Waals surface area (Å²) in [5, 5.41) is 3.70. The second-order valence-electron chi connectivity index (χ2n) is 6.94. The number of aromatic nitrogens is 1. The van der Waals surface area contributed by atoms with E-state index in [4.69, 9.17) is 0 Å². The average molecular weight is 397 g/mol. The van der Waals surface area contributed by atoms with Crippen LogP contribution in [0.15, 0.2) is 48.8 Å². The zero-order valence-electron chi connectivity index (χ0n) is 15.2. The summed E-state index contributed by atoms with van der Waals surface area (Å²) in [4.78, 5) is 31.6. The number of fused-ring (bicyclic) bond motifs is 1. The SMILES string of the molecule is O=C(NCc1cccnc1)C1CCN(C(=O)c2cc3cc(F)ccc3s2)CC1. The summed E-state index contributed by atoms with van der Waals surface area (Å²) in [6.45, 7) is 1.56. The van der Waals surface area contributed by atoms with Crippen molar-refractivity contribution in [2.45, 2.75) is 19.4 Å². The van der Waals surface area contributed by atoms with E-state index in [1.54, 1.807) is 29.4 Å². The van der Waals surface area contributed by atoms with Crippen molar-refractivity contribution in [2.75, 3.05) is 13.1 Å². The van der Waals surface area contributed by atoms with E-state index in [1.807, 2.05) is 12.1 Å². The smallest absolute Gasteiger partial charge is 0.263 e. The molecule has 3 aromatic rings. The van der Waals surface area contributed by atoms with Crippen LogP contribution in [0.4, 0.5) is 4.39 Å². The molecule has 4 rings (SSSR count). The number of pyridine rings is 1. The Balaban J connectivity index is 1.32. The first-order valence-corrected chi connectivity index (χ1v) is 10.1. The maximum atomic E-state index is 13.4. The van der Waals surface area contributed by atoms with Gasteiger partial charge in [0.2, 0.25) is 5.91 Å². The molecule has 144 valence electrons. The van der Waals surface area contributed by atoms with E-state index in [0.29, 0.717) is 37.4 Å². The number of benzene rings is 1. The number of likely N-dealkylation sites (tertiary alicyclic amines) is 1. The minimum atomic E-state index is -0.303. The first-order valence-electron chi connectivity index (χ1n) is 9.25. The average Bonchev–Trinajstić information content (AvgIpc) is 3.15. The first kappa shape index (κ1) is 18.6. The number of nitrogens with one attached hydrogen (secondary N) is 1. The second-order valence-corrected chi connectivity index (χ2v) is 8.02. The highest BCUT2D eigenvalue weighted by atomic mass is 32.1. The number of thiophene rings is 1. The van der Waals surface area contributed by atoms with Crippen LogP contribution < -0.4 is 5.32 Å².